The van der Waals surface area contributed by atoms with Crippen LogP contribution in [0.4, 0.5) is 0 Å². The lowest BCUT2D eigenvalue weighted by Crippen LogP contribution is -2.30. The van der Waals surface area contributed by atoms with Crippen LogP contribution in [0.3, 0.4) is 0 Å². The van der Waals surface area contributed by atoms with Crippen LogP contribution in [0, 0.1) is 0 Å². The van der Waals surface area contributed by atoms with Crippen molar-refractivity contribution in [2.75, 3.05) is 20.2 Å². The van der Waals surface area contributed by atoms with Crippen molar-refractivity contribution >= 4 is 21.4 Å². The van der Waals surface area contributed by atoms with Crippen molar-refractivity contribution in [2.24, 2.45) is 0 Å². The molecular weight excluding hydrogens is 308 g/mol. The maximum absolute atomic E-state index is 12.4. The lowest BCUT2D eigenvalue weighted by atomic mass is 10.3. The first kappa shape index (κ1) is 16.9. The summed E-state index contributed by atoms with van der Waals surface area (Å²) in [7, 11) is -1.80. The lowest BCUT2D eigenvalue weighted by Gasteiger charge is -2.16. The molecule has 1 aliphatic rings. The Morgan fingerprint density at radius 3 is 2.81 bits per heavy atom. The number of nitrogens with one attached hydrogen (secondary N) is 1. The third-order valence-corrected chi connectivity index (χ3v) is 6.64. The van der Waals surface area contributed by atoms with Crippen LogP contribution < -0.4 is 5.32 Å². The first-order valence-corrected chi connectivity index (χ1v) is 9.60. The standard InChI is InChI=1S/C14H24N2O3S2/c1-11(2)19-7-6-16(3)21(17,18)14-8-12(10-20-14)9-15-13-4-5-13/h8,10-11,13,15H,4-7,9H2,1-3H3. The first-order valence-electron chi connectivity index (χ1n) is 7.28. The van der Waals surface area contributed by atoms with E-state index in [1.54, 1.807) is 13.1 Å². The Morgan fingerprint density at radius 1 is 1.48 bits per heavy atom. The highest BCUT2D eigenvalue weighted by Gasteiger charge is 2.24. The van der Waals surface area contributed by atoms with Crippen LogP contribution in [0.2, 0.25) is 0 Å². The van der Waals surface area contributed by atoms with Gasteiger partial charge in [0.1, 0.15) is 4.21 Å². The monoisotopic (exact) mass is 332 g/mol. The third-order valence-electron chi connectivity index (χ3n) is 3.32. The molecule has 0 radical (unpaired) electrons. The van der Waals surface area contributed by atoms with Crippen molar-refractivity contribution in [1.29, 1.82) is 0 Å². The van der Waals surface area contributed by atoms with Gasteiger partial charge in [-0.2, -0.15) is 4.31 Å². The number of nitrogens with zero attached hydrogens (tertiary/aromatic N) is 1. The van der Waals surface area contributed by atoms with Gasteiger partial charge in [0.2, 0.25) is 0 Å². The fourth-order valence-corrected chi connectivity index (χ4v) is 4.39. The predicted molar refractivity (Wildman–Crippen MR) is 85.1 cm³/mol. The second-order valence-electron chi connectivity index (χ2n) is 5.68. The van der Waals surface area contributed by atoms with Crippen LogP contribution in [0.1, 0.15) is 32.3 Å². The fraction of sp³-hybridized carbons (Fsp3) is 0.714. The molecule has 7 heteroatoms. The van der Waals surface area contributed by atoms with Crippen LogP contribution >= 0.6 is 11.3 Å². The van der Waals surface area contributed by atoms with Crippen molar-refractivity contribution in [2.45, 2.75) is 49.6 Å². The maximum atomic E-state index is 12.4. The Balaban J connectivity index is 1.90. The van der Waals surface area contributed by atoms with Crippen molar-refractivity contribution in [3.8, 4) is 0 Å². The van der Waals surface area contributed by atoms with E-state index >= 15 is 0 Å². The summed E-state index contributed by atoms with van der Waals surface area (Å²) in [5.74, 6) is 0. The summed E-state index contributed by atoms with van der Waals surface area (Å²) >= 11 is 1.29. The fourth-order valence-electron chi connectivity index (χ4n) is 1.82. The molecule has 1 aromatic heterocycles. The quantitative estimate of drug-likeness (QED) is 0.752. The van der Waals surface area contributed by atoms with E-state index in [0.717, 1.165) is 12.1 Å². The molecule has 0 aromatic carbocycles. The summed E-state index contributed by atoms with van der Waals surface area (Å²) in [5.41, 5.74) is 1.04. The number of ether oxygens (including phenoxy) is 1. The summed E-state index contributed by atoms with van der Waals surface area (Å²) in [6, 6.07) is 2.40. The highest BCUT2D eigenvalue weighted by atomic mass is 32.2. The summed E-state index contributed by atoms with van der Waals surface area (Å²) < 4.78 is 32.0. The molecule has 0 atom stereocenters. The molecule has 1 aliphatic carbocycles. The van der Waals surface area contributed by atoms with E-state index in [1.807, 2.05) is 19.2 Å². The van der Waals surface area contributed by atoms with E-state index in [4.69, 9.17) is 4.74 Å². The molecule has 2 rings (SSSR count). The lowest BCUT2D eigenvalue weighted by molar-refractivity contribution is 0.0737. The van der Waals surface area contributed by atoms with E-state index in [-0.39, 0.29) is 6.10 Å². The summed E-state index contributed by atoms with van der Waals surface area (Å²) in [5, 5.41) is 5.31. The number of likely N-dealkylation sites (N-methyl/N-ethyl adjacent to an activating group) is 1. The maximum Gasteiger partial charge on any atom is 0.252 e. The van der Waals surface area contributed by atoms with Gasteiger partial charge in [-0.05, 0) is 43.7 Å². The largest absolute Gasteiger partial charge is 0.377 e. The third kappa shape index (κ3) is 5.03. The zero-order chi connectivity index (χ0) is 15.5. The number of hydrogen-bond donors (Lipinski definition) is 1. The Bertz CT molecular complexity index is 550. The molecule has 0 aliphatic heterocycles. The van der Waals surface area contributed by atoms with Gasteiger partial charge in [-0.1, -0.05) is 0 Å². The molecule has 0 saturated heterocycles. The van der Waals surface area contributed by atoms with Crippen LogP contribution in [0.5, 0.6) is 0 Å². The van der Waals surface area contributed by atoms with Crippen LogP contribution in [-0.4, -0.2) is 45.1 Å². The van der Waals surface area contributed by atoms with Crippen LogP contribution in [-0.2, 0) is 21.3 Å². The molecule has 21 heavy (non-hydrogen) atoms. The van der Waals surface area contributed by atoms with Crippen molar-refractivity contribution in [1.82, 2.24) is 9.62 Å². The summed E-state index contributed by atoms with van der Waals surface area (Å²) in [6.07, 6.45) is 2.57. The molecule has 1 saturated carbocycles. The SMILES string of the molecule is CC(C)OCCN(C)S(=O)(=O)c1cc(CNC2CC2)cs1. The molecule has 120 valence electrons. The van der Waals surface area contributed by atoms with Gasteiger partial charge in [-0.3, -0.25) is 0 Å². The second kappa shape index (κ2) is 7.19. The van der Waals surface area contributed by atoms with E-state index in [0.29, 0.717) is 23.4 Å². The number of hydrogen-bond acceptors (Lipinski definition) is 5. The topological polar surface area (TPSA) is 58.6 Å². The molecule has 1 fully saturated rings. The minimum absolute atomic E-state index is 0.114. The Morgan fingerprint density at radius 2 is 2.19 bits per heavy atom. The van der Waals surface area contributed by atoms with Crippen LogP contribution in [0.25, 0.3) is 0 Å². The molecule has 1 heterocycles. The molecule has 0 bridgehead atoms. The number of rotatable bonds is 9. The molecular formula is C14H24N2O3S2. The highest BCUT2D eigenvalue weighted by molar-refractivity contribution is 7.91. The summed E-state index contributed by atoms with van der Waals surface area (Å²) in [6.45, 7) is 5.40. The zero-order valence-corrected chi connectivity index (χ0v) is 14.5. The Kier molecular flexibility index (Phi) is 5.79. The van der Waals surface area contributed by atoms with E-state index in [9.17, 15) is 8.42 Å². The van der Waals surface area contributed by atoms with Crippen molar-refractivity contribution in [3.05, 3.63) is 17.0 Å². The molecule has 0 unspecified atom stereocenters. The molecule has 0 amide bonds. The Hall–Kier alpha value is -0.470. The van der Waals surface area contributed by atoms with Crippen LogP contribution in [0.15, 0.2) is 15.7 Å². The average Bonchev–Trinajstić information content (AvgIpc) is 3.12. The highest BCUT2D eigenvalue weighted by Crippen LogP contribution is 2.24. The van der Waals surface area contributed by atoms with Gasteiger partial charge >= 0.3 is 0 Å². The van der Waals surface area contributed by atoms with Gasteiger partial charge in [0.25, 0.3) is 10.0 Å². The van der Waals surface area contributed by atoms with Gasteiger partial charge in [0, 0.05) is 26.2 Å². The van der Waals surface area contributed by atoms with Crippen molar-refractivity contribution in [3.63, 3.8) is 0 Å². The van der Waals surface area contributed by atoms with E-state index in [1.165, 1.54) is 28.5 Å². The molecule has 0 spiro atoms. The molecule has 5 nitrogen and oxygen atoms in total. The number of thiophene rings is 1. The molecule has 1 aromatic rings. The molecule has 1 N–H and O–H groups in total. The number of sulfonamides is 1. The van der Waals surface area contributed by atoms with Gasteiger partial charge in [-0.15, -0.1) is 11.3 Å². The zero-order valence-electron chi connectivity index (χ0n) is 12.8. The average molecular weight is 332 g/mol. The minimum Gasteiger partial charge on any atom is -0.377 e. The van der Waals surface area contributed by atoms with E-state index < -0.39 is 10.0 Å². The van der Waals surface area contributed by atoms with Gasteiger partial charge in [-0.25, -0.2) is 8.42 Å². The van der Waals surface area contributed by atoms with E-state index in [2.05, 4.69) is 5.32 Å². The first-order chi connectivity index (χ1) is 9.89. The second-order valence-corrected chi connectivity index (χ2v) is 8.86. The normalized spacial score (nSPS) is 16.0. The van der Waals surface area contributed by atoms with Gasteiger partial charge < -0.3 is 10.1 Å². The Labute approximate surface area is 131 Å². The van der Waals surface area contributed by atoms with Gasteiger partial charge in [0.15, 0.2) is 0 Å². The minimum atomic E-state index is -3.39. The van der Waals surface area contributed by atoms with Gasteiger partial charge in [0.05, 0.1) is 12.7 Å². The van der Waals surface area contributed by atoms with Crippen molar-refractivity contribution < 1.29 is 13.2 Å². The summed E-state index contributed by atoms with van der Waals surface area (Å²) in [4.78, 5) is 0. The smallest absolute Gasteiger partial charge is 0.252 e. The predicted octanol–water partition coefficient (Wildman–Crippen LogP) is 2.05.